The highest BCUT2D eigenvalue weighted by atomic mass is 19.4. The largest absolute Gasteiger partial charge is 0.481 e. The number of aliphatic carboxylic acids is 1. The van der Waals surface area contributed by atoms with Crippen LogP contribution in [0.5, 0.6) is 0 Å². The van der Waals surface area contributed by atoms with E-state index < -0.39 is 23.2 Å². The van der Waals surface area contributed by atoms with Crippen molar-refractivity contribution in [2.24, 2.45) is 5.92 Å². The van der Waals surface area contributed by atoms with Crippen LogP contribution in [-0.2, 0) is 17.4 Å². The number of hydrogen-bond acceptors (Lipinski definition) is 2. The fourth-order valence-electron chi connectivity index (χ4n) is 3.38. The second-order valence-corrected chi connectivity index (χ2v) is 7.74. The summed E-state index contributed by atoms with van der Waals surface area (Å²) in [5.41, 5.74) is -0.663. The van der Waals surface area contributed by atoms with Gasteiger partial charge >= 0.3 is 18.2 Å². The number of benzene rings is 1. The molecule has 150 valence electrons. The summed E-state index contributed by atoms with van der Waals surface area (Å²) in [5.74, 6) is -1.14. The van der Waals surface area contributed by atoms with Crippen molar-refractivity contribution in [2.45, 2.75) is 63.7 Å². The average Bonchev–Trinajstić information content (AvgIpc) is 2.53. The summed E-state index contributed by atoms with van der Waals surface area (Å²) in [7, 11) is 0. The molecule has 8 heteroatoms. The Bertz CT molecular complexity index is 664. The van der Waals surface area contributed by atoms with Gasteiger partial charge in [0.15, 0.2) is 0 Å². The van der Waals surface area contributed by atoms with Gasteiger partial charge in [0.05, 0.1) is 11.5 Å². The zero-order valence-electron chi connectivity index (χ0n) is 15.4. The smallest absolute Gasteiger partial charge is 0.416 e. The lowest BCUT2D eigenvalue weighted by atomic mass is 9.86. The third-order valence-electron chi connectivity index (χ3n) is 4.79. The van der Waals surface area contributed by atoms with Gasteiger partial charge in [0, 0.05) is 11.6 Å². The lowest BCUT2D eigenvalue weighted by Gasteiger charge is -2.30. The summed E-state index contributed by atoms with van der Waals surface area (Å²) in [6, 6.07) is 4.47. The monoisotopic (exact) mass is 386 g/mol. The van der Waals surface area contributed by atoms with Crippen molar-refractivity contribution in [3.63, 3.8) is 0 Å². The summed E-state index contributed by atoms with van der Waals surface area (Å²) in [6.07, 6.45) is -1.69. The van der Waals surface area contributed by atoms with Gasteiger partial charge in [0.1, 0.15) is 0 Å². The van der Waals surface area contributed by atoms with Crippen LogP contribution in [-0.4, -0.2) is 28.7 Å². The van der Waals surface area contributed by atoms with Crippen LogP contribution in [0, 0.1) is 5.92 Å². The molecule has 2 amide bonds. The Kier molecular flexibility index (Phi) is 6.38. The van der Waals surface area contributed by atoms with Crippen LogP contribution in [0.2, 0.25) is 0 Å². The number of carboxylic acid groups (broad SMARTS) is 1. The quantitative estimate of drug-likeness (QED) is 0.717. The maximum atomic E-state index is 12.6. The zero-order chi connectivity index (χ0) is 20.2. The highest BCUT2D eigenvalue weighted by molar-refractivity contribution is 5.75. The Labute approximate surface area is 156 Å². The number of carbonyl (C=O) groups excluding carboxylic acids is 1. The molecule has 1 fully saturated rings. The molecule has 0 saturated heterocycles. The molecule has 0 aromatic heterocycles. The lowest BCUT2D eigenvalue weighted by molar-refractivity contribution is -0.143. The topological polar surface area (TPSA) is 78.4 Å². The van der Waals surface area contributed by atoms with Gasteiger partial charge in [0.2, 0.25) is 0 Å². The third kappa shape index (κ3) is 6.45. The molecule has 0 heterocycles. The van der Waals surface area contributed by atoms with Crippen LogP contribution in [0.25, 0.3) is 0 Å². The molecule has 0 unspecified atom stereocenters. The summed E-state index contributed by atoms with van der Waals surface area (Å²) >= 11 is 0. The van der Waals surface area contributed by atoms with E-state index in [0.717, 1.165) is 12.1 Å². The molecule has 0 aliphatic heterocycles. The van der Waals surface area contributed by atoms with E-state index in [1.165, 1.54) is 12.1 Å². The summed E-state index contributed by atoms with van der Waals surface area (Å²) in [6.45, 7) is 3.59. The first kappa shape index (κ1) is 21.1. The number of alkyl halides is 3. The molecule has 1 aromatic rings. The predicted octanol–water partition coefficient (Wildman–Crippen LogP) is 3.97. The fraction of sp³-hybridized carbons (Fsp3) is 0.579. The molecule has 1 aliphatic rings. The molecule has 0 radical (unpaired) electrons. The average molecular weight is 386 g/mol. The maximum Gasteiger partial charge on any atom is 0.416 e. The van der Waals surface area contributed by atoms with E-state index in [-0.39, 0.29) is 18.0 Å². The van der Waals surface area contributed by atoms with E-state index in [1.807, 2.05) is 0 Å². The number of amides is 2. The first-order valence-electron chi connectivity index (χ1n) is 8.94. The molecular weight excluding hydrogens is 361 g/mol. The molecule has 27 heavy (non-hydrogen) atoms. The van der Waals surface area contributed by atoms with Gasteiger partial charge in [-0.15, -0.1) is 0 Å². The Morgan fingerprint density at radius 2 is 1.63 bits per heavy atom. The van der Waals surface area contributed by atoms with Gasteiger partial charge in [-0.05, 0) is 63.6 Å². The number of carboxylic acids is 1. The van der Waals surface area contributed by atoms with Gasteiger partial charge in [0.25, 0.3) is 0 Å². The standard InChI is InChI=1S/C19H25F3N2O3/c1-18(2,11-12-3-7-14(8-4-12)19(20,21)22)24-17(27)23-15-9-5-13(6-10-15)16(25)26/h3-4,7-8,13,15H,5-6,9-11H2,1-2H3,(H,25,26)(H2,23,24,27). The number of urea groups is 1. The van der Waals surface area contributed by atoms with E-state index in [2.05, 4.69) is 10.6 Å². The minimum absolute atomic E-state index is 0.0672. The van der Waals surface area contributed by atoms with Crippen molar-refractivity contribution in [3.05, 3.63) is 35.4 Å². The molecule has 1 aromatic carbocycles. The number of rotatable bonds is 5. The normalized spacial score (nSPS) is 20.8. The first-order valence-corrected chi connectivity index (χ1v) is 8.94. The van der Waals surface area contributed by atoms with E-state index in [0.29, 0.717) is 37.7 Å². The molecular formula is C19H25F3N2O3. The van der Waals surface area contributed by atoms with Crippen molar-refractivity contribution in [1.29, 1.82) is 0 Å². The van der Waals surface area contributed by atoms with Crippen LogP contribution < -0.4 is 10.6 Å². The van der Waals surface area contributed by atoms with E-state index in [1.54, 1.807) is 13.8 Å². The minimum atomic E-state index is -4.37. The van der Waals surface area contributed by atoms with Gasteiger partial charge in [-0.3, -0.25) is 4.79 Å². The highest BCUT2D eigenvalue weighted by Gasteiger charge is 2.31. The van der Waals surface area contributed by atoms with Gasteiger partial charge in [-0.1, -0.05) is 12.1 Å². The number of carbonyl (C=O) groups is 2. The molecule has 0 atom stereocenters. The van der Waals surface area contributed by atoms with Crippen molar-refractivity contribution < 1.29 is 27.9 Å². The molecule has 2 rings (SSSR count). The molecule has 0 spiro atoms. The van der Waals surface area contributed by atoms with Crippen molar-refractivity contribution in [1.82, 2.24) is 10.6 Å². The minimum Gasteiger partial charge on any atom is -0.481 e. The molecule has 3 N–H and O–H groups in total. The first-order chi connectivity index (χ1) is 12.5. The number of hydrogen-bond donors (Lipinski definition) is 3. The Morgan fingerprint density at radius 3 is 2.11 bits per heavy atom. The predicted molar refractivity (Wildman–Crippen MR) is 94.3 cm³/mol. The van der Waals surface area contributed by atoms with Crippen LogP contribution in [0.1, 0.15) is 50.7 Å². The van der Waals surface area contributed by atoms with Crippen LogP contribution >= 0.6 is 0 Å². The second kappa shape index (κ2) is 8.19. The van der Waals surface area contributed by atoms with E-state index in [4.69, 9.17) is 5.11 Å². The highest BCUT2D eigenvalue weighted by Crippen LogP contribution is 2.29. The Balaban J connectivity index is 1.84. The van der Waals surface area contributed by atoms with Crippen molar-refractivity contribution >= 4 is 12.0 Å². The Morgan fingerprint density at radius 1 is 1.07 bits per heavy atom. The van der Waals surface area contributed by atoms with Crippen LogP contribution in [0.3, 0.4) is 0 Å². The Hall–Kier alpha value is -2.25. The zero-order valence-corrected chi connectivity index (χ0v) is 15.4. The molecule has 0 bridgehead atoms. The summed E-state index contributed by atoms with van der Waals surface area (Å²) < 4.78 is 37.9. The second-order valence-electron chi connectivity index (χ2n) is 7.74. The SMILES string of the molecule is CC(C)(Cc1ccc(C(F)(F)F)cc1)NC(=O)NC1CCC(C(=O)O)CC1. The van der Waals surface area contributed by atoms with Gasteiger partial charge in [-0.2, -0.15) is 13.2 Å². The third-order valence-corrected chi connectivity index (χ3v) is 4.79. The summed E-state index contributed by atoms with van der Waals surface area (Å²) in [5, 5.41) is 14.7. The lowest BCUT2D eigenvalue weighted by Crippen LogP contribution is -2.52. The number of halogens is 3. The van der Waals surface area contributed by atoms with Crippen molar-refractivity contribution in [2.75, 3.05) is 0 Å². The number of nitrogens with one attached hydrogen (secondary N) is 2. The molecule has 5 nitrogen and oxygen atoms in total. The maximum absolute atomic E-state index is 12.6. The van der Waals surface area contributed by atoms with Crippen molar-refractivity contribution in [3.8, 4) is 0 Å². The van der Waals surface area contributed by atoms with Gasteiger partial charge < -0.3 is 15.7 Å². The fourth-order valence-corrected chi connectivity index (χ4v) is 3.38. The molecule has 1 saturated carbocycles. The molecule has 1 aliphatic carbocycles. The van der Waals surface area contributed by atoms with E-state index >= 15 is 0 Å². The van der Waals surface area contributed by atoms with Gasteiger partial charge in [-0.25, -0.2) is 4.79 Å². The van der Waals surface area contributed by atoms with Crippen LogP contribution in [0.15, 0.2) is 24.3 Å². The summed E-state index contributed by atoms with van der Waals surface area (Å²) in [4.78, 5) is 23.2. The van der Waals surface area contributed by atoms with Crippen LogP contribution in [0.4, 0.5) is 18.0 Å². The van der Waals surface area contributed by atoms with E-state index in [9.17, 15) is 22.8 Å².